The van der Waals surface area contributed by atoms with E-state index in [0.717, 1.165) is 0 Å². The van der Waals surface area contributed by atoms with Gasteiger partial charge in [0.15, 0.2) is 0 Å². The van der Waals surface area contributed by atoms with Crippen molar-refractivity contribution in [3.63, 3.8) is 0 Å². The molecule has 0 aromatic rings. The maximum Gasteiger partial charge on any atom is 0.258 e. The fraction of sp³-hybridized carbons (Fsp3) is 0.667. The first-order chi connectivity index (χ1) is 5.84. The van der Waals surface area contributed by atoms with Gasteiger partial charge in [-0.05, 0) is 65.8 Å². The van der Waals surface area contributed by atoms with Crippen LogP contribution in [0.25, 0.3) is 0 Å². The summed E-state index contributed by atoms with van der Waals surface area (Å²) >= 11 is 14.3. The first-order valence-corrected chi connectivity index (χ1v) is 6.13. The molecule has 1 N–H and O–H groups in total. The highest BCUT2D eigenvalue weighted by Crippen LogP contribution is 2.33. The Bertz CT molecular complexity index is 205. The molecule has 0 heterocycles. The minimum absolute atomic E-state index is 0.255. The average molecular weight is 400 g/mol. The minimum Gasteiger partial charge on any atom is -0.353 e. The molecule has 7 heteroatoms. The molecule has 0 aromatic carbocycles. The maximum atomic E-state index is 11.1. The Balaban J connectivity index is 3.55. The van der Waals surface area contributed by atoms with Gasteiger partial charge in [-0.1, -0.05) is 0 Å². The summed E-state index contributed by atoms with van der Waals surface area (Å²) in [5.41, 5.74) is 0. The van der Waals surface area contributed by atoms with Gasteiger partial charge in [-0.25, -0.2) is 0 Å². The van der Waals surface area contributed by atoms with Crippen LogP contribution in [0.2, 0.25) is 0 Å². The Morgan fingerprint density at radius 3 is 2.23 bits per heavy atom. The summed E-state index contributed by atoms with van der Waals surface area (Å²) in [5, 5.41) is 2.20. The van der Waals surface area contributed by atoms with Gasteiger partial charge in [-0.2, -0.15) is 0 Å². The molecule has 0 radical (unpaired) electrons. The summed E-state index contributed by atoms with van der Waals surface area (Å²) in [6.07, 6.45) is 0.804. The van der Waals surface area contributed by atoms with E-state index in [1.165, 1.54) is 0 Å². The van der Waals surface area contributed by atoms with Crippen molar-refractivity contribution in [1.29, 1.82) is 0 Å². The van der Waals surface area contributed by atoms with Crippen molar-refractivity contribution in [1.82, 2.24) is 5.32 Å². The van der Waals surface area contributed by atoms with E-state index in [2.05, 4.69) is 53.1 Å². The summed E-state index contributed by atoms with van der Waals surface area (Å²) in [7, 11) is 0. The molecule has 13 heavy (non-hydrogen) atoms. The molecule has 76 valence electrons. The predicted octanol–water partition coefficient (Wildman–Crippen LogP) is 2.49. The van der Waals surface area contributed by atoms with Crippen molar-refractivity contribution in [3.05, 3.63) is 0 Å². The number of carbonyl (C=O) groups is 2. The van der Waals surface area contributed by atoms with Crippen LogP contribution in [0, 0.1) is 0 Å². The van der Waals surface area contributed by atoms with E-state index >= 15 is 0 Å². The van der Waals surface area contributed by atoms with E-state index < -0.39 is 7.39 Å². The second-order valence-corrected chi connectivity index (χ2v) is 9.39. The summed E-state index contributed by atoms with van der Waals surface area (Å²) in [6, 6.07) is 0. The zero-order valence-corrected chi connectivity index (χ0v) is 12.0. The molecule has 0 saturated carbocycles. The van der Waals surface area contributed by atoms with E-state index in [4.69, 9.17) is 11.6 Å². The zero-order chi connectivity index (χ0) is 10.5. The van der Waals surface area contributed by atoms with Crippen LogP contribution in [0.1, 0.15) is 12.8 Å². The number of rotatable bonds is 4. The van der Waals surface area contributed by atoms with E-state index in [9.17, 15) is 9.59 Å². The number of halogens is 4. The Morgan fingerprint density at radius 1 is 1.31 bits per heavy atom. The molecule has 0 spiro atoms. The largest absolute Gasteiger partial charge is 0.353 e. The first-order valence-electron chi connectivity index (χ1n) is 3.37. The maximum absolute atomic E-state index is 11.1. The molecular weight excluding hydrogens is 393 g/mol. The Kier molecular flexibility index (Phi) is 6.80. The molecule has 0 unspecified atom stereocenters. The number of hydrogen-bond donors (Lipinski definition) is 1. The van der Waals surface area contributed by atoms with Gasteiger partial charge in [0.2, 0.25) is 7.39 Å². The highest BCUT2D eigenvalue weighted by molar-refractivity contribution is 9.40. The third kappa shape index (κ3) is 7.90. The van der Waals surface area contributed by atoms with Crippen LogP contribution in [0.4, 0.5) is 0 Å². The van der Waals surface area contributed by atoms with Gasteiger partial charge < -0.3 is 5.32 Å². The molecule has 0 atom stereocenters. The standard InChI is InChI=1S/C6H7Br3ClNO2/c7-6(8,9)5(13)11-3-1-2-4(10)12/h1-3H2,(H,11,13). The number of nitrogens with one attached hydrogen (secondary N) is 1. The average Bonchev–Trinajstić information content (AvgIpc) is 1.95. The van der Waals surface area contributed by atoms with Gasteiger partial charge in [0, 0.05) is 13.0 Å². The second kappa shape index (κ2) is 6.37. The van der Waals surface area contributed by atoms with Gasteiger partial charge in [-0.15, -0.1) is 0 Å². The monoisotopic (exact) mass is 397 g/mol. The van der Waals surface area contributed by atoms with Gasteiger partial charge in [-0.3, -0.25) is 9.59 Å². The van der Waals surface area contributed by atoms with Crippen LogP contribution in [0.15, 0.2) is 0 Å². The number of carbonyl (C=O) groups excluding carboxylic acids is 2. The molecular formula is C6H7Br3ClNO2. The second-order valence-electron chi connectivity index (χ2n) is 2.21. The highest BCUT2D eigenvalue weighted by Gasteiger charge is 2.27. The molecule has 1 amide bonds. The normalized spacial score (nSPS) is 11.1. The van der Waals surface area contributed by atoms with Crippen LogP contribution in [-0.4, -0.2) is 19.8 Å². The quantitative estimate of drug-likeness (QED) is 0.448. The van der Waals surface area contributed by atoms with Crippen molar-refractivity contribution < 1.29 is 9.59 Å². The Labute approximate surface area is 106 Å². The van der Waals surface area contributed by atoms with Gasteiger partial charge in [0.1, 0.15) is 0 Å². The first kappa shape index (κ1) is 13.9. The van der Waals surface area contributed by atoms with E-state index in [0.29, 0.717) is 13.0 Å². The van der Waals surface area contributed by atoms with Gasteiger partial charge in [0.25, 0.3) is 5.91 Å². The van der Waals surface area contributed by atoms with E-state index in [-0.39, 0.29) is 12.3 Å². The molecule has 0 aromatic heterocycles. The zero-order valence-electron chi connectivity index (χ0n) is 6.45. The lowest BCUT2D eigenvalue weighted by atomic mass is 10.3. The summed E-state index contributed by atoms with van der Waals surface area (Å²) in [6.45, 7) is 0.418. The van der Waals surface area contributed by atoms with Gasteiger partial charge in [0.05, 0.1) is 0 Å². The number of alkyl halides is 3. The Morgan fingerprint density at radius 2 is 1.85 bits per heavy atom. The van der Waals surface area contributed by atoms with E-state index in [1.807, 2.05) is 0 Å². The van der Waals surface area contributed by atoms with E-state index in [1.54, 1.807) is 0 Å². The minimum atomic E-state index is -0.933. The van der Waals surface area contributed by atoms with Crippen LogP contribution in [0.5, 0.6) is 0 Å². The lowest BCUT2D eigenvalue weighted by Crippen LogP contribution is -2.34. The van der Waals surface area contributed by atoms with Crippen molar-refractivity contribution >= 4 is 70.5 Å². The topological polar surface area (TPSA) is 46.2 Å². The molecule has 0 aliphatic heterocycles. The molecule has 0 fully saturated rings. The third-order valence-electron chi connectivity index (χ3n) is 1.09. The van der Waals surface area contributed by atoms with Crippen molar-refractivity contribution in [2.75, 3.05) is 6.54 Å². The van der Waals surface area contributed by atoms with Crippen LogP contribution in [-0.2, 0) is 9.59 Å². The molecule has 0 rings (SSSR count). The fourth-order valence-corrected chi connectivity index (χ4v) is 1.08. The lowest BCUT2D eigenvalue weighted by Gasteiger charge is -2.11. The fourth-order valence-electron chi connectivity index (χ4n) is 0.530. The van der Waals surface area contributed by atoms with Crippen molar-refractivity contribution in [3.8, 4) is 0 Å². The number of amides is 1. The van der Waals surface area contributed by atoms with Crippen LogP contribution in [0.3, 0.4) is 0 Å². The molecule has 0 saturated heterocycles. The lowest BCUT2D eigenvalue weighted by molar-refractivity contribution is -0.119. The van der Waals surface area contributed by atoms with Crippen molar-refractivity contribution in [2.45, 2.75) is 15.0 Å². The smallest absolute Gasteiger partial charge is 0.258 e. The molecule has 0 aliphatic rings. The summed E-state index contributed by atoms with van der Waals surface area (Å²) in [4.78, 5) is 21.4. The Hall–Kier alpha value is 0.870. The summed E-state index contributed by atoms with van der Waals surface area (Å²) in [5.74, 6) is -0.255. The third-order valence-corrected chi connectivity index (χ3v) is 2.36. The van der Waals surface area contributed by atoms with Gasteiger partial charge >= 0.3 is 0 Å². The molecule has 0 bridgehead atoms. The van der Waals surface area contributed by atoms with Crippen LogP contribution >= 0.6 is 59.4 Å². The predicted molar refractivity (Wildman–Crippen MR) is 62.6 cm³/mol. The highest BCUT2D eigenvalue weighted by atomic mass is 80.0. The molecule has 3 nitrogen and oxygen atoms in total. The summed E-state index contributed by atoms with van der Waals surface area (Å²) < 4.78 is -0.933. The van der Waals surface area contributed by atoms with Crippen molar-refractivity contribution in [2.24, 2.45) is 0 Å². The molecule has 0 aliphatic carbocycles. The van der Waals surface area contributed by atoms with Crippen LogP contribution < -0.4 is 5.32 Å². The number of hydrogen-bond acceptors (Lipinski definition) is 2. The SMILES string of the molecule is O=C(Cl)CCCNC(=O)C(Br)(Br)Br.